The predicted molar refractivity (Wildman–Crippen MR) is 57.1 cm³/mol. The number of hydrogen-bond acceptors (Lipinski definition) is 0. The Morgan fingerprint density at radius 2 is 2.08 bits per heavy atom. The summed E-state index contributed by atoms with van der Waals surface area (Å²) >= 11 is 6.55. The fraction of sp³-hybridized carbons (Fsp3) is 0.111. The largest absolute Gasteiger partial charge is 0.206 e. The summed E-state index contributed by atoms with van der Waals surface area (Å²) in [5, 5.41) is 0.696. The van der Waals surface area contributed by atoms with E-state index in [1.54, 1.807) is 18.2 Å². The van der Waals surface area contributed by atoms with Crippen LogP contribution in [0.2, 0.25) is 0 Å². The van der Waals surface area contributed by atoms with Crippen LogP contribution in [0.3, 0.4) is 0 Å². The fourth-order valence-corrected chi connectivity index (χ4v) is 1.21. The Balaban J connectivity index is 2.96. The maximum atomic E-state index is 13.0. The van der Waals surface area contributed by atoms with Crippen LogP contribution in [-0.4, -0.2) is 5.33 Å². The molecule has 1 aromatic carbocycles. The van der Waals surface area contributed by atoms with Crippen molar-refractivity contribution in [3.05, 3.63) is 40.1 Å². The van der Waals surface area contributed by atoms with E-state index in [1.165, 1.54) is 6.07 Å². The van der Waals surface area contributed by atoms with Gasteiger partial charge in [0.25, 0.3) is 0 Å². The van der Waals surface area contributed by atoms with E-state index in [-0.39, 0.29) is 5.82 Å². The van der Waals surface area contributed by atoms with Gasteiger partial charge in [0.2, 0.25) is 0 Å². The Hall–Kier alpha value is -0.150. The van der Waals surface area contributed by atoms with Crippen LogP contribution in [0.25, 0.3) is 6.08 Å². The summed E-state index contributed by atoms with van der Waals surface area (Å²) in [6.45, 7) is 0. The first kappa shape index (κ1) is 9.93. The summed E-state index contributed by atoms with van der Waals surface area (Å²) in [5.41, 5.74) is 0.601. The standard InChI is InChI=1S/C9H7Br2F/c10-6-8(11)5-7-3-1-2-4-9(7)12/h1-5H,6H2/b8-5-. The van der Waals surface area contributed by atoms with Crippen molar-refractivity contribution in [1.82, 2.24) is 0 Å². The number of alkyl halides is 1. The molecule has 0 radical (unpaired) electrons. The molecule has 0 heterocycles. The third-order valence-electron chi connectivity index (χ3n) is 1.35. The molecule has 64 valence electrons. The van der Waals surface area contributed by atoms with Gasteiger partial charge in [0, 0.05) is 15.4 Å². The van der Waals surface area contributed by atoms with Gasteiger partial charge >= 0.3 is 0 Å². The molecule has 0 unspecified atom stereocenters. The summed E-state index contributed by atoms with van der Waals surface area (Å²) in [7, 11) is 0. The lowest BCUT2D eigenvalue weighted by molar-refractivity contribution is 0.625. The number of rotatable bonds is 2. The van der Waals surface area contributed by atoms with Gasteiger partial charge in [-0.3, -0.25) is 0 Å². The van der Waals surface area contributed by atoms with E-state index in [4.69, 9.17) is 0 Å². The van der Waals surface area contributed by atoms with E-state index >= 15 is 0 Å². The minimum absolute atomic E-state index is 0.199. The van der Waals surface area contributed by atoms with E-state index in [1.807, 2.05) is 6.07 Å². The van der Waals surface area contributed by atoms with Gasteiger partial charge in [-0.2, -0.15) is 0 Å². The average molecular weight is 294 g/mol. The third-order valence-corrected chi connectivity index (χ3v) is 3.21. The van der Waals surface area contributed by atoms with Gasteiger partial charge in [0.05, 0.1) is 0 Å². The number of allylic oxidation sites excluding steroid dienone is 1. The van der Waals surface area contributed by atoms with Gasteiger partial charge < -0.3 is 0 Å². The minimum Gasteiger partial charge on any atom is -0.206 e. The van der Waals surface area contributed by atoms with Crippen LogP contribution in [0.5, 0.6) is 0 Å². The molecule has 0 aliphatic rings. The molecule has 1 rings (SSSR count). The smallest absolute Gasteiger partial charge is 0.130 e. The zero-order chi connectivity index (χ0) is 8.97. The first-order valence-corrected chi connectivity index (χ1v) is 5.32. The van der Waals surface area contributed by atoms with Crippen molar-refractivity contribution >= 4 is 37.9 Å². The highest BCUT2D eigenvalue weighted by atomic mass is 79.9. The molecular formula is C9H7Br2F. The van der Waals surface area contributed by atoms with Gasteiger partial charge in [0.1, 0.15) is 5.82 Å². The van der Waals surface area contributed by atoms with E-state index in [9.17, 15) is 4.39 Å². The van der Waals surface area contributed by atoms with Crippen molar-refractivity contribution in [2.75, 3.05) is 5.33 Å². The topological polar surface area (TPSA) is 0 Å². The van der Waals surface area contributed by atoms with E-state index < -0.39 is 0 Å². The Bertz CT molecular complexity index is 294. The van der Waals surface area contributed by atoms with Crippen LogP contribution >= 0.6 is 31.9 Å². The molecule has 0 aromatic heterocycles. The molecule has 0 atom stereocenters. The Morgan fingerprint density at radius 3 is 2.67 bits per heavy atom. The normalized spacial score (nSPS) is 11.8. The first-order chi connectivity index (χ1) is 5.74. The zero-order valence-electron chi connectivity index (χ0n) is 6.23. The zero-order valence-corrected chi connectivity index (χ0v) is 9.40. The fourth-order valence-electron chi connectivity index (χ4n) is 0.799. The lowest BCUT2D eigenvalue weighted by Gasteiger charge is -1.96. The molecule has 0 nitrogen and oxygen atoms in total. The Kier molecular flexibility index (Phi) is 3.95. The highest BCUT2D eigenvalue weighted by molar-refractivity contribution is 9.13. The first-order valence-electron chi connectivity index (χ1n) is 3.40. The van der Waals surface area contributed by atoms with Crippen molar-refractivity contribution in [3.8, 4) is 0 Å². The average Bonchev–Trinajstić information content (AvgIpc) is 2.09. The van der Waals surface area contributed by atoms with Crippen LogP contribution in [0.4, 0.5) is 4.39 Å². The molecule has 0 N–H and O–H groups in total. The second kappa shape index (κ2) is 4.77. The van der Waals surface area contributed by atoms with Gasteiger partial charge in [-0.15, -0.1) is 0 Å². The highest BCUT2D eigenvalue weighted by Crippen LogP contribution is 2.16. The molecule has 0 saturated carbocycles. The maximum absolute atomic E-state index is 13.0. The van der Waals surface area contributed by atoms with E-state index in [2.05, 4.69) is 31.9 Å². The minimum atomic E-state index is -0.199. The number of benzene rings is 1. The van der Waals surface area contributed by atoms with Crippen molar-refractivity contribution in [2.45, 2.75) is 0 Å². The Morgan fingerprint density at radius 1 is 1.42 bits per heavy atom. The molecular weight excluding hydrogens is 287 g/mol. The van der Waals surface area contributed by atoms with Crippen LogP contribution in [-0.2, 0) is 0 Å². The van der Waals surface area contributed by atoms with Crippen LogP contribution in [0.1, 0.15) is 5.56 Å². The molecule has 3 heteroatoms. The molecule has 12 heavy (non-hydrogen) atoms. The monoisotopic (exact) mass is 292 g/mol. The molecule has 0 fully saturated rings. The molecule has 0 saturated heterocycles. The Labute approximate surface area is 87.7 Å². The predicted octanol–water partition coefficient (Wildman–Crippen LogP) is 3.96. The summed E-state index contributed by atoms with van der Waals surface area (Å²) in [6, 6.07) is 6.66. The molecule has 1 aromatic rings. The quantitative estimate of drug-likeness (QED) is 0.724. The highest BCUT2D eigenvalue weighted by Gasteiger charge is 1.96. The molecule has 0 spiro atoms. The van der Waals surface area contributed by atoms with Crippen molar-refractivity contribution in [3.63, 3.8) is 0 Å². The van der Waals surface area contributed by atoms with Crippen LogP contribution in [0, 0.1) is 5.82 Å². The lowest BCUT2D eigenvalue weighted by atomic mass is 10.2. The molecule has 0 bridgehead atoms. The van der Waals surface area contributed by atoms with Crippen LogP contribution in [0.15, 0.2) is 28.7 Å². The lowest BCUT2D eigenvalue weighted by Crippen LogP contribution is -1.81. The second-order valence-electron chi connectivity index (χ2n) is 2.25. The summed E-state index contributed by atoms with van der Waals surface area (Å²) in [5.74, 6) is -0.199. The second-order valence-corrected chi connectivity index (χ2v) is 3.83. The van der Waals surface area contributed by atoms with Gasteiger partial charge in [-0.25, -0.2) is 4.39 Å². The van der Waals surface area contributed by atoms with Gasteiger partial charge in [-0.05, 0) is 12.1 Å². The number of halogens is 3. The van der Waals surface area contributed by atoms with Gasteiger partial charge in [-0.1, -0.05) is 50.1 Å². The van der Waals surface area contributed by atoms with E-state index in [0.717, 1.165) is 4.48 Å². The van der Waals surface area contributed by atoms with Crippen molar-refractivity contribution < 1.29 is 4.39 Å². The summed E-state index contributed by atoms with van der Waals surface area (Å²) in [4.78, 5) is 0. The van der Waals surface area contributed by atoms with Crippen molar-refractivity contribution in [2.24, 2.45) is 0 Å². The number of hydrogen-bond donors (Lipinski definition) is 0. The maximum Gasteiger partial charge on any atom is 0.130 e. The SMILES string of the molecule is Fc1ccccc1/C=C(\Br)CBr. The van der Waals surface area contributed by atoms with E-state index in [0.29, 0.717) is 10.9 Å². The summed E-state index contributed by atoms with van der Waals surface area (Å²) in [6.07, 6.45) is 1.75. The molecule has 0 amide bonds. The molecule has 0 aliphatic carbocycles. The van der Waals surface area contributed by atoms with Crippen molar-refractivity contribution in [1.29, 1.82) is 0 Å². The molecule has 0 aliphatic heterocycles. The summed E-state index contributed by atoms with van der Waals surface area (Å²) < 4.78 is 13.9. The van der Waals surface area contributed by atoms with Crippen LogP contribution < -0.4 is 0 Å². The van der Waals surface area contributed by atoms with Gasteiger partial charge in [0.15, 0.2) is 0 Å². The third kappa shape index (κ3) is 2.72.